The predicted molar refractivity (Wildman–Crippen MR) is 75.1 cm³/mol. The molecule has 1 unspecified atom stereocenters. The zero-order valence-electron chi connectivity index (χ0n) is 10.3. The quantitative estimate of drug-likeness (QED) is 0.792. The first-order chi connectivity index (χ1) is 8.13. The van der Waals surface area contributed by atoms with Gasteiger partial charge in [0.05, 0.1) is 0 Å². The molecule has 94 valence electrons. The molecule has 0 aliphatic carbocycles. The summed E-state index contributed by atoms with van der Waals surface area (Å²) in [4.78, 5) is 11.7. The summed E-state index contributed by atoms with van der Waals surface area (Å²) < 4.78 is 1.03. The molecule has 2 N–H and O–H groups in total. The molecule has 1 rings (SSSR count). The van der Waals surface area contributed by atoms with Gasteiger partial charge in [-0.3, -0.25) is 4.79 Å². The lowest BCUT2D eigenvalue weighted by atomic mass is 10.2. The highest BCUT2D eigenvalue weighted by Crippen LogP contribution is 2.14. The van der Waals surface area contributed by atoms with Crippen LogP contribution in [0.2, 0.25) is 0 Å². The van der Waals surface area contributed by atoms with Crippen LogP contribution in [0.25, 0.3) is 0 Å². The van der Waals surface area contributed by atoms with Gasteiger partial charge in [0.1, 0.15) is 6.04 Å². The van der Waals surface area contributed by atoms with E-state index in [9.17, 15) is 4.79 Å². The first-order valence-electron chi connectivity index (χ1n) is 5.93. The second-order valence-electron chi connectivity index (χ2n) is 4.02. The first kappa shape index (κ1) is 14.0. The van der Waals surface area contributed by atoms with E-state index in [-0.39, 0.29) is 11.9 Å². The molecule has 0 radical (unpaired) electrons. The van der Waals surface area contributed by atoms with Crippen molar-refractivity contribution < 1.29 is 4.79 Å². The molecule has 1 aromatic carbocycles. The van der Waals surface area contributed by atoms with E-state index in [0.717, 1.165) is 29.5 Å². The lowest BCUT2D eigenvalue weighted by Crippen LogP contribution is -2.37. The monoisotopic (exact) mass is 298 g/mol. The second kappa shape index (κ2) is 7.33. The van der Waals surface area contributed by atoms with Crippen LogP contribution in [0.4, 0.5) is 5.69 Å². The topological polar surface area (TPSA) is 41.1 Å². The van der Waals surface area contributed by atoms with Crippen LogP contribution in [0.1, 0.15) is 26.7 Å². The van der Waals surface area contributed by atoms with Crippen molar-refractivity contribution >= 4 is 27.5 Å². The average Bonchev–Trinajstić information content (AvgIpc) is 2.32. The summed E-state index contributed by atoms with van der Waals surface area (Å²) in [6, 6.07) is 7.57. The van der Waals surface area contributed by atoms with E-state index < -0.39 is 0 Å². The van der Waals surface area contributed by atoms with Gasteiger partial charge in [-0.1, -0.05) is 29.3 Å². The molecule has 0 aliphatic rings. The van der Waals surface area contributed by atoms with Crippen molar-refractivity contribution in [3.8, 4) is 0 Å². The van der Waals surface area contributed by atoms with Crippen LogP contribution in [0.15, 0.2) is 28.7 Å². The van der Waals surface area contributed by atoms with E-state index in [1.165, 1.54) is 0 Å². The highest BCUT2D eigenvalue weighted by atomic mass is 79.9. The number of amides is 1. The maximum atomic E-state index is 11.7. The van der Waals surface area contributed by atoms with Gasteiger partial charge < -0.3 is 10.6 Å². The minimum atomic E-state index is -0.215. The third kappa shape index (κ3) is 5.22. The van der Waals surface area contributed by atoms with Gasteiger partial charge in [-0.25, -0.2) is 0 Å². The summed E-state index contributed by atoms with van der Waals surface area (Å²) in [6.45, 7) is 4.72. The Hall–Kier alpha value is -1.03. The number of unbranched alkanes of at least 4 members (excludes halogenated alkanes) is 1. The van der Waals surface area contributed by atoms with Crippen molar-refractivity contribution in [2.75, 3.05) is 11.9 Å². The summed E-state index contributed by atoms with van der Waals surface area (Å²) in [5.74, 6) is 0.0429. The molecule has 17 heavy (non-hydrogen) atoms. The number of carbonyl (C=O) groups is 1. The fourth-order valence-corrected chi connectivity index (χ4v) is 1.67. The molecule has 0 heterocycles. The third-order valence-electron chi connectivity index (χ3n) is 2.45. The van der Waals surface area contributed by atoms with Gasteiger partial charge in [0.25, 0.3) is 0 Å². The van der Waals surface area contributed by atoms with E-state index in [1.807, 2.05) is 31.2 Å². The van der Waals surface area contributed by atoms with Gasteiger partial charge in [-0.2, -0.15) is 0 Å². The van der Waals surface area contributed by atoms with Crippen LogP contribution in [0.3, 0.4) is 0 Å². The summed E-state index contributed by atoms with van der Waals surface area (Å²) in [7, 11) is 0. The zero-order chi connectivity index (χ0) is 12.7. The summed E-state index contributed by atoms with van der Waals surface area (Å²) in [6.07, 6.45) is 2.12. The summed E-state index contributed by atoms with van der Waals surface area (Å²) in [5.41, 5.74) is 0.950. The van der Waals surface area contributed by atoms with Crippen LogP contribution >= 0.6 is 15.9 Å². The Balaban J connectivity index is 2.40. The molecule has 0 spiro atoms. The van der Waals surface area contributed by atoms with Gasteiger partial charge in [0.2, 0.25) is 5.91 Å². The Kier molecular flexibility index (Phi) is 6.05. The Morgan fingerprint density at radius 1 is 1.35 bits per heavy atom. The number of hydrogen-bond donors (Lipinski definition) is 2. The van der Waals surface area contributed by atoms with Crippen molar-refractivity contribution in [3.63, 3.8) is 0 Å². The van der Waals surface area contributed by atoms with E-state index in [2.05, 4.69) is 33.5 Å². The van der Waals surface area contributed by atoms with Crippen LogP contribution in [-0.4, -0.2) is 18.5 Å². The minimum Gasteiger partial charge on any atom is -0.374 e. The molecule has 4 heteroatoms. The van der Waals surface area contributed by atoms with Crippen molar-refractivity contribution in [2.45, 2.75) is 32.7 Å². The standard InChI is InChI=1S/C13H19BrN2O/c1-3-4-9-15-13(17)10(2)16-12-7-5-11(14)6-8-12/h5-8,10,16H,3-4,9H2,1-2H3,(H,15,17). The van der Waals surface area contributed by atoms with E-state index in [4.69, 9.17) is 0 Å². The molecular weight excluding hydrogens is 280 g/mol. The van der Waals surface area contributed by atoms with Crippen molar-refractivity contribution in [1.82, 2.24) is 5.32 Å². The normalized spacial score (nSPS) is 11.9. The number of rotatable bonds is 6. The maximum absolute atomic E-state index is 11.7. The third-order valence-corrected chi connectivity index (χ3v) is 2.98. The van der Waals surface area contributed by atoms with Crippen LogP contribution in [0.5, 0.6) is 0 Å². The molecule has 0 aromatic heterocycles. The van der Waals surface area contributed by atoms with Gasteiger partial charge in [0, 0.05) is 16.7 Å². The van der Waals surface area contributed by atoms with Crippen LogP contribution < -0.4 is 10.6 Å². The molecule has 1 aromatic rings. The molecular formula is C13H19BrN2O. The zero-order valence-corrected chi connectivity index (χ0v) is 11.9. The molecule has 0 saturated carbocycles. The highest BCUT2D eigenvalue weighted by molar-refractivity contribution is 9.10. The van der Waals surface area contributed by atoms with Crippen molar-refractivity contribution in [1.29, 1.82) is 0 Å². The number of hydrogen-bond acceptors (Lipinski definition) is 2. The number of carbonyl (C=O) groups excluding carboxylic acids is 1. The van der Waals surface area contributed by atoms with Crippen LogP contribution in [0, 0.1) is 0 Å². The fraction of sp³-hybridized carbons (Fsp3) is 0.462. The van der Waals surface area contributed by atoms with Gasteiger partial charge in [0.15, 0.2) is 0 Å². The number of anilines is 1. The second-order valence-corrected chi connectivity index (χ2v) is 4.93. The maximum Gasteiger partial charge on any atom is 0.242 e. The number of halogens is 1. The molecule has 0 saturated heterocycles. The molecule has 3 nitrogen and oxygen atoms in total. The van der Waals surface area contributed by atoms with E-state index >= 15 is 0 Å². The summed E-state index contributed by atoms with van der Waals surface area (Å²) >= 11 is 3.38. The van der Waals surface area contributed by atoms with Gasteiger partial charge in [-0.15, -0.1) is 0 Å². The van der Waals surface area contributed by atoms with Crippen LogP contribution in [-0.2, 0) is 4.79 Å². The number of nitrogens with one attached hydrogen (secondary N) is 2. The largest absolute Gasteiger partial charge is 0.374 e. The Morgan fingerprint density at radius 3 is 2.59 bits per heavy atom. The SMILES string of the molecule is CCCCNC(=O)C(C)Nc1ccc(Br)cc1. The smallest absolute Gasteiger partial charge is 0.242 e. The minimum absolute atomic E-state index is 0.0429. The van der Waals surface area contributed by atoms with Gasteiger partial charge >= 0.3 is 0 Å². The number of benzene rings is 1. The van der Waals surface area contributed by atoms with E-state index in [0.29, 0.717) is 0 Å². The van der Waals surface area contributed by atoms with Gasteiger partial charge in [-0.05, 0) is 37.6 Å². The van der Waals surface area contributed by atoms with E-state index in [1.54, 1.807) is 0 Å². The Morgan fingerprint density at radius 2 is 2.00 bits per heavy atom. The fourth-order valence-electron chi connectivity index (χ4n) is 1.40. The predicted octanol–water partition coefficient (Wildman–Crippen LogP) is 3.17. The van der Waals surface area contributed by atoms with Crippen molar-refractivity contribution in [3.05, 3.63) is 28.7 Å². The lowest BCUT2D eigenvalue weighted by Gasteiger charge is -2.15. The summed E-state index contributed by atoms with van der Waals surface area (Å²) in [5, 5.41) is 6.07. The molecule has 1 amide bonds. The molecule has 1 atom stereocenters. The molecule has 0 fully saturated rings. The molecule has 0 bridgehead atoms. The molecule has 0 aliphatic heterocycles. The van der Waals surface area contributed by atoms with Crippen molar-refractivity contribution in [2.24, 2.45) is 0 Å². The highest BCUT2D eigenvalue weighted by Gasteiger charge is 2.11. The average molecular weight is 299 g/mol. The first-order valence-corrected chi connectivity index (χ1v) is 6.72. The Bertz CT molecular complexity index is 351. The Labute approximate surface area is 111 Å². The lowest BCUT2D eigenvalue weighted by molar-refractivity contribution is -0.121.